The zero-order valence-corrected chi connectivity index (χ0v) is 17.5. The number of ether oxygens (including phenoxy) is 1. The molecule has 2 aromatic rings. The molecule has 0 saturated heterocycles. The first-order valence-electron chi connectivity index (χ1n) is 8.87. The lowest BCUT2D eigenvalue weighted by atomic mass is 10.0. The van der Waals surface area contributed by atoms with Crippen molar-refractivity contribution >= 4 is 46.6 Å². The lowest BCUT2D eigenvalue weighted by Crippen LogP contribution is -2.44. The number of hydrogen-bond donors (Lipinski definition) is 2. The zero-order chi connectivity index (χ0) is 21.4. The van der Waals surface area contributed by atoms with E-state index in [9.17, 15) is 19.2 Å². The highest BCUT2D eigenvalue weighted by molar-refractivity contribution is 7.12. The number of thiophene rings is 1. The second kappa shape index (κ2) is 10.7. The first kappa shape index (κ1) is 22.6. The van der Waals surface area contributed by atoms with Gasteiger partial charge < -0.3 is 10.1 Å². The SMILES string of the molecule is CC(C)CC(NC(=O)c1ccc(Cl)cc1)C(=O)OCC(=O)NC(=O)c1cccs1. The smallest absolute Gasteiger partial charge is 0.329 e. The van der Waals surface area contributed by atoms with Crippen LogP contribution in [0.3, 0.4) is 0 Å². The number of amides is 3. The average Bonchev–Trinajstić information content (AvgIpc) is 3.20. The fraction of sp³-hybridized carbons (Fsp3) is 0.300. The molecule has 1 aromatic heterocycles. The quantitative estimate of drug-likeness (QED) is 0.619. The van der Waals surface area contributed by atoms with E-state index in [0.717, 1.165) is 0 Å². The summed E-state index contributed by atoms with van der Waals surface area (Å²) in [5.74, 6) is -2.42. The van der Waals surface area contributed by atoms with Crippen molar-refractivity contribution in [3.63, 3.8) is 0 Å². The van der Waals surface area contributed by atoms with Crippen molar-refractivity contribution in [1.29, 1.82) is 0 Å². The fourth-order valence-corrected chi connectivity index (χ4v) is 3.14. The monoisotopic (exact) mass is 436 g/mol. The van der Waals surface area contributed by atoms with Crippen LogP contribution in [0.15, 0.2) is 41.8 Å². The maximum Gasteiger partial charge on any atom is 0.329 e. The van der Waals surface area contributed by atoms with Crippen molar-refractivity contribution in [2.45, 2.75) is 26.3 Å². The minimum atomic E-state index is -0.932. The normalized spacial score (nSPS) is 11.6. The van der Waals surface area contributed by atoms with Crippen LogP contribution in [0.5, 0.6) is 0 Å². The largest absolute Gasteiger partial charge is 0.454 e. The van der Waals surface area contributed by atoms with Gasteiger partial charge in [0.15, 0.2) is 6.61 Å². The van der Waals surface area contributed by atoms with Crippen LogP contribution in [0.1, 0.15) is 40.3 Å². The summed E-state index contributed by atoms with van der Waals surface area (Å²) >= 11 is 7.00. The van der Waals surface area contributed by atoms with Gasteiger partial charge in [0.1, 0.15) is 6.04 Å². The first-order valence-corrected chi connectivity index (χ1v) is 10.1. The van der Waals surface area contributed by atoms with Crippen LogP contribution in [-0.2, 0) is 14.3 Å². The van der Waals surface area contributed by atoms with Gasteiger partial charge in [-0.15, -0.1) is 11.3 Å². The highest BCUT2D eigenvalue weighted by Gasteiger charge is 2.25. The first-order chi connectivity index (χ1) is 13.8. The molecule has 0 bridgehead atoms. The molecule has 0 aliphatic carbocycles. The number of rotatable bonds is 8. The summed E-state index contributed by atoms with van der Waals surface area (Å²) in [6.45, 7) is 3.16. The number of halogens is 1. The Bertz CT molecular complexity index is 866. The van der Waals surface area contributed by atoms with E-state index < -0.39 is 36.3 Å². The molecule has 0 saturated carbocycles. The third-order valence-corrected chi connectivity index (χ3v) is 4.87. The number of imide groups is 1. The minimum Gasteiger partial charge on any atom is -0.454 e. The van der Waals surface area contributed by atoms with Gasteiger partial charge in [0.25, 0.3) is 17.7 Å². The second-order valence-electron chi connectivity index (χ2n) is 6.62. The third-order valence-electron chi connectivity index (χ3n) is 3.75. The molecule has 2 N–H and O–H groups in total. The average molecular weight is 437 g/mol. The number of esters is 1. The standard InChI is InChI=1S/C20H21ClN2O5S/c1-12(2)10-15(22-18(25)13-5-7-14(21)8-6-13)20(27)28-11-17(24)23-19(26)16-4-3-9-29-16/h3-9,12,15H,10-11H2,1-2H3,(H,22,25)(H,23,24,26). The van der Waals surface area contributed by atoms with E-state index in [0.29, 0.717) is 21.9 Å². The molecule has 0 spiro atoms. The van der Waals surface area contributed by atoms with E-state index in [1.54, 1.807) is 41.8 Å². The maximum absolute atomic E-state index is 12.4. The van der Waals surface area contributed by atoms with Crippen molar-refractivity contribution in [2.24, 2.45) is 5.92 Å². The van der Waals surface area contributed by atoms with Crippen LogP contribution in [-0.4, -0.2) is 36.3 Å². The molecular formula is C20H21ClN2O5S. The van der Waals surface area contributed by atoms with E-state index in [1.165, 1.54) is 11.3 Å². The second-order valence-corrected chi connectivity index (χ2v) is 8.01. The molecular weight excluding hydrogens is 416 g/mol. The Hall–Kier alpha value is -2.71. The summed E-state index contributed by atoms with van der Waals surface area (Å²) in [6, 6.07) is 8.55. The molecule has 154 valence electrons. The molecule has 7 nitrogen and oxygen atoms in total. The Balaban J connectivity index is 1.92. The van der Waals surface area contributed by atoms with Crippen LogP contribution in [0.25, 0.3) is 0 Å². The van der Waals surface area contributed by atoms with Gasteiger partial charge in [-0.25, -0.2) is 4.79 Å². The molecule has 1 unspecified atom stereocenters. The van der Waals surface area contributed by atoms with Crippen molar-refractivity contribution in [1.82, 2.24) is 10.6 Å². The summed E-state index contributed by atoms with van der Waals surface area (Å²) in [5, 5.41) is 6.96. The van der Waals surface area contributed by atoms with Crippen molar-refractivity contribution < 1.29 is 23.9 Å². The number of hydrogen-bond acceptors (Lipinski definition) is 6. The summed E-state index contributed by atoms with van der Waals surface area (Å²) in [4.78, 5) is 48.9. The summed E-state index contributed by atoms with van der Waals surface area (Å²) < 4.78 is 5.01. The van der Waals surface area contributed by atoms with Crippen LogP contribution >= 0.6 is 22.9 Å². The van der Waals surface area contributed by atoms with Gasteiger partial charge in [-0.3, -0.25) is 19.7 Å². The third kappa shape index (κ3) is 7.32. The molecule has 1 heterocycles. The van der Waals surface area contributed by atoms with E-state index >= 15 is 0 Å². The van der Waals surface area contributed by atoms with Crippen LogP contribution in [0, 0.1) is 5.92 Å². The summed E-state index contributed by atoms with van der Waals surface area (Å²) in [5.41, 5.74) is 0.343. The van der Waals surface area contributed by atoms with Gasteiger partial charge in [-0.1, -0.05) is 31.5 Å². The van der Waals surface area contributed by atoms with Gasteiger partial charge in [0.05, 0.1) is 4.88 Å². The van der Waals surface area contributed by atoms with Gasteiger partial charge in [-0.2, -0.15) is 0 Å². The number of carbonyl (C=O) groups excluding carboxylic acids is 4. The molecule has 2 rings (SSSR count). The van der Waals surface area contributed by atoms with E-state index in [1.807, 2.05) is 13.8 Å². The molecule has 1 aromatic carbocycles. The predicted octanol–water partition coefficient (Wildman–Crippen LogP) is 3.05. The summed E-state index contributed by atoms with van der Waals surface area (Å²) in [6.07, 6.45) is 0.327. The van der Waals surface area contributed by atoms with Gasteiger partial charge >= 0.3 is 5.97 Å². The van der Waals surface area contributed by atoms with E-state index in [4.69, 9.17) is 16.3 Å². The Morgan fingerprint density at radius 2 is 1.76 bits per heavy atom. The molecule has 0 radical (unpaired) electrons. The summed E-state index contributed by atoms with van der Waals surface area (Å²) in [7, 11) is 0. The van der Waals surface area contributed by atoms with E-state index in [2.05, 4.69) is 10.6 Å². The van der Waals surface area contributed by atoms with Gasteiger partial charge in [-0.05, 0) is 48.1 Å². The predicted molar refractivity (Wildman–Crippen MR) is 110 cm³/mol. The van der Waals surface area contributed by atoms with Crippen LogP contribution in [0.4, 0.5) is 0 Å². The fourth-order valence-electron chi connectivity index (χ4n) is 2.40. The Kier molecular flexibility index (Phi) is 8.35. The number of nitrogens with one attached hydrogen (secondary N) is 2. The van der Waals surface area contributed by atoms with Gasteiger partial charge in [0, 0.05) is 10.6 Å². The molecule has 0 aliphatic rings. The van der Waals surface area contributed by atoms with Crippen LogP contribution in [0.2, 0.25) is 5.02 Å². The highest BCUT2D eigenvalue weighted by Crippen LogP contribution is 2.12. The van der Waals surface area contributed by atoms with Crippen molar-refractivity contribution in [3.8, 4) is 0 Å². The Labute approximate surface area is 177 Å². The molecule has 3 amide bonds. The van der Waals surface area contributed by atoms with Crippen molar-refractivity contribution in [3.05, 3.63) is 57.2 Å². The zero-order valence-electron chi connectivity index (χ0n) is 15.9. The lowest BCUT2D eigenvalue weighted by Gasteiger charge is -2.19. The molecule has 1 atom stereocenters. The molecule has 0 aliphatic heterocycles. The maximum atomic E-state index is 12.4. The lowest BCUT2D eigenvalue weighted by molar-refractivity contribution is -0.150. The molecule has 0 fully saturated rings. The van der Waals surface area contributed by atoms with Gasteiger partial charge in [0.2, 0.25) is 0 Å². The van der Waals surface area contributed by atoms with E-state index in [-0.39, 0.29) is 5.92 Å². The van der Waals surface area contributed by atoms with Crippen molar-refractivity contribution in [2.75, 3.05) is 6.61 Å². The molecule has 9 heteroatoms. The van der Waals surface area contributed by atoms with Crippen LogP contribution < -0.4 is 10.6 Å². The minimum absolute atomic E-state index is 0.0901. The number of benzene rings is 1. The Morgan fingerprint density at radius 3 is 2.34 bits per heavy atom. The molecule has 29 heavy (non-hydrogen) atoms. The number of carbonyl (C=O) groups is 4. The topological polar surface area (TPSA) is 102 Å². The highest BCUT2D eigenvalue weighted by atomic mass is 35.5. The Morgan fingerprint density at radius 1 is 1.07 bits per heavy atom.